The van der Waals surface area contributed by atoms with Crippen LogP contribution in [0.1, 0.15) is 27.8 Å². The second-order valence-electron chi connectivity index (χ2n) is 6.59. The first-order valence-electron chi connectivity index (χ1n) is 8.68. The van der Waals surface area contributed by atoms with Crippen molar-refractivity contribution in [3.8, 4) is 5.75 Å². The van der Waals surface area contributed by atoms with Crippen molar-refractivity contribution >= 4 is 5.69 Å². The summed E-state index contributed by atoms with van der Waals surface area (Å²) in [6, 6.07) is 23.2. The Morgan fingerprint density at radius 2 is 1.36 bits per heavy atom. The standard InChI is InChI=1S/C23H25NO/c1-17-5-8-21(9-6-17)16-25-22-12-10-20(11-13-22)15-24-23-14-18(2)4-7-19(23)3/h4-14,24H,15-16H2,1-3H3. The Labute approximate surface area is 150 Å². The third-order valence-electron chi connectivity index (χ3n) is 4.33. The Bertz CT molecular complexity index is 820. The summed E-state index contributed by atoms with van der Waals surface area (Å²) >= 11 is 0. The minimum Gasteiger partial charge on any atom is -0.489 e. The average molecular weight is 331 g/mol. The molecule has 2 heteroatoms. The summed E-state index contributed by atoms with van der Waals surface area (Å²) < 4.78 is 5.86. The van der Waals surface area contributed by atoms with E-state index in [4.69, 9.17) is 4.74 Å². The minimum atomic E-state index is 0.598. The number of benzene rings is 3. The van der Waals surface area contributed by atoms with E-state index in [-0.39, 0.29) is 0 Å². The van der Waals surface area contributed by atoms with Crippen LogP contribution in [0.2, 0.25) is 0 Å². The van der Waals surface area contributed by atoms with Gasteiger partial charge in [0.05, 0.1) is 0 Å². The first-order valence-corrected chi connectivity index (χ1v) is 8.68. The lowest BCUT2D eigenvalue weighted by Gasteiger charge is -2.11. The molecule has 2 nitrogen and oxygen atoms in total. The molecule has 0 aliphatic carbocycles. The van der Waals surface area contributed by atoms with E-state index in [9.17, 15) is 0 Å². The smallest absolute Gasteiger partial charge is 0.119 e. The maximum absolute atomic E-state index is 5.86. The predicted molar refractivity (Wildman–Crippen MR) is 105 cm³/mol. The Balaban J connectivity index is 1.55. The molecule has 0 saturated carbocycles. The molecule has 0 spiro atoms. The van der Waals surface area contributed by atoms with Gasteiger partial charge in [0.2, 0.25) is 0 Å². The van der Waals surface area contributed by atoms with E-state index in [2.05, 4.69) is 80.7 Å². The Morgan fingerprint density at radius 3 is 2.08 bits per heavy atom. The van der Waals surface area contributed by atoms with Crippen molar-refractivity contribution < 1.29 is 4.74 Å². The van der Waals surface area contributed by atoms with Crippen LogP contribution in [-0.4, -0.2) is 0 Å². The van der Waals surface area contributed by atoms with E-state index in [1.807, 2.05) is 12.1 Å². The molecular weight excluding hydrogens is 306 g/mol. The molecule has 0 bridgehead atoms. The molecule has 0 amide bonds. The van der Waals surface area contributed by atoms with Crippen LogP contribution in [0.25, 0.3) is 0 Å². The third kappa shape index (κ3) is 4.87. The van der Waals surface area contributed by atoms with Crippen molar-refractivity contribution in [2.75, 3.05) is 5.32 Å². The van der Waals surface area contributed by atoms with Gasteiger partial charge in [-0.3, -0.25) is 0 Å². The molecule has 0 aromatic heterocycles. The van der Waals surface area contributed by atoms with Crippen LogP contribution in [-0.2, 0) is 13.2 Å². The molecule has 1 N–H and O–H groups in total. The van der Waals surface area contributed by atoms with Gasteiger partial charge >= 0.3 is 0 Å². The van der Waals surface area contributed by atoms with E-state index in [1.54, 1.807) is 0 Å². The molecule has 3 aromatic rings. The van der Waals surface area contributed by atoms with E-state index >= 15 is 0 Å². The summed E-state index contributed by atoms with van der Waals surface area (Å²) in [5, 5.41) is 3.51. The summed E-state index contributed by atoms with van der Waals surface area (Å²) in [6.07, 6.45) is 0. The van der Waals surface area contributed by atoms with Crippen LogP contribution in [0.15, 0.2) is 66.7 Å². The Hall–Kier alpha value is -2.74. The molecule has 3 aromatic carbocycles. The third-order valence-corrected chi connectivity index (χ3v) is 4.33. The molecule has 0 heterocycles. The van der Waals surface area contributed by atoms with Gasteiger partial charge in [0, 0.05) is 12.2 Å². The number of rotatable bonds is 6. The summed E-state index contributed by atoms with van der Waals surface area (Å²) in [5.41, 5.74) is 7.43. The van der Waals surface area contributed by atoms with E-state index in [0.29, 0.717) is 6.61 Å². The molecule has 0 aliphatic rings. The molecule has 3 rings (SSSR count). The van der Waals surface area contributed by atoms with Crippen LogP contribution >= 0.6 is 0 Å². The van der Waals surface area contributed by atoms with Gasteiger partial charge in [-0.05, 0) is 61.2 Å². The summed E-state index contributed by atoms with van der Waals surface area (Å²) in [6.45, 7) is 7.74. The predicted octanol–water partition coefficient (Wildman–Crippen LogP) is 5.80. The van der Waals surface area contributed by atoms with Crippen molar-refractivity contribution in [3.63, 3.8) is 0 Å². The molecule has 25 heavy (non-hydrogen) atoms. The highest BCUT2D eigenvalue weighted by molar-refractivity contribution is 5.52. The fourth-order valence-corrected chi connectivity index (χ4v) is 2.68. The fraction of sp³-hybridized carbons (Fsp3) is 0.217. The van der Waals surface area contributed by atoms with Gasteiger partial charge in [-0.1, -0.05) is 54.1 Å². The van der Waals surface area contributed by atoms with E-state index in [1.165, 1.54) is 33.5 Å². The van der Waals surface area contributed by atoms with Crippen LogP contribution < -0.4 is 10.1 Å². The fourth-order valence-electron chi connectivity index (χ4n) is 2.68. The maximum Gasteiger partial charge on any atom is 0.119 e. The summed E-state index contributed by atoms with van der Waals surface area (Å²) in [7, 11) is 0. The highest BCUT2D eigenvalue weighted by Crippen LogP contribution is 2.19. The van der Waals surface area contributed by atoms with Crippen LogP contribution in [0.4, 0.5) is 5.69 Å². The molecule has 0 atom stereocenters. The number of hydrogen-bond donors (Lipinski definition) is 1. The largest absolute Gasteiger partial charge is 0.489 e. The topological polar surface area (TPSA) is 21.3 Å². The molecule has 0 unspecified atom stereocenters. The van der Waals surface area contributed by atoms with Crippen molar-refractivity contribution in [2.45, 2.75) is 33.9 Å². The van der Waals surface area contributed by atoms with Crippen LogP contribution in [0.3, 0.4) is 0 Å². The number of aryl methyl sites for hydroxylation is 3. The lowest BCUT2D eigenvalue weighted by Crippen LogP contribution is -2.01. The average Bonchev–Trinajstić information content (AvgIpc) is 2.63. The van der Waals surface area contributed by atoms with Gasteiger partial charge in [-0.2, -0.15) is 0 Å². The first-order chi connectivity index (χ1) is 12.1. The lowest BCUT2D eigenvalue weighted by atomic mass is 10.1. The zero-order valence-electron chi connectivity index (χ0n) is 15.2. The molecule has 0 aliphatic heterocycles. The van der Waals surface area contributed by atoms with Crippen molar-refractivity contribution in [1.82, 2.24) is 0 Å². The van der Waals surface area contributed by atoms with Gasteiger partial charge in [0.15, 0.2) is 0 Å². The number of hydrogen-bond acceptors (Lipinski definition) is 2. The summed E-state index contributed by atoms with van der Waals surface area (Å²) in [4.78, 5) is 0. The molecule has 0 saturated heterocycles. The normalized spacial score (nSPS) is 10.5. The maximum atomic E-state index is 5.86. The second-order valence-corrected chi connectivity index (χ2v) is 6.59. The summed E-state index contributed by atoms with van der Waals surface area (Å²) in [5.74, 6) is 0.899. The number of nitrogens with one attached hydrogen (secondary N) is 1. The van der Waals surface area contributed by atoms with Gasteiger partial charge < -0.3 is 10.1 Å². The highest BCUT2D eigenvalue weighted by atomic mass is 16.5. The van der Waals surface area contributed by atoms with Crippen molar-refractivity contribution in [2.24, 2.45) is 0 Å². The molecular formula is C23H25NO. The monoisotopic (exact) mass is 331 g/mol. The highest BCUT2D eigenvalue weighted by Gasteiger charge is 2.00. The zero-order chi connectivity index (χ0) is 17.6. The van der Waals surface area contributed by atoms with Crippen LogP contribution in [0.5, 0.6) is 5.75 Å². The number of ether oxygens (including phenoxy) is 1. The Morgan fingerprint density at radius 1 is 0.720 bits per heavy atom. The van der Waals surface area contributed by atoms with Crippen molar-refractivity contribution in [1.29, 1.82) is 0 Å². The van der Waals surface area contributed by atoms with Gasteiger partial charge in [-0.15, -0.1) is 0 Å². The van der Waals surface area contributed by atoms with E-state index < -0.39 is 0 Å². The SMILES string of the molecule is Cc1ccc(COc2ccc(CNc3cc(C)ccc3C)cc2)cc1. The zero-order valence-corrected chi connectivity index (χ0v) is 15.2. The molecule has 128 valence electrons. The van der Waals surface area contributed by atoms with Crippen molar-refractivity contribution in [3.05, 3.63) is 94.5 Å². The Kier molecular flexibility index (Phi) is 5.39. The van der Waals surface area contributed by atoms with Crippen LogP contribution in [0, 0.1) is 20.8 Å². The minimum absolute atomic E-state index is 0.598. The molecule has 0 fully saturated rings. The first kappa shape index (κ1) is 17.1. The quantitative estimate of drug-likeness (QED) is 0.616. The van der Waals surface area contributed by atoms with Gasteiger partial charge in [0.1, 0.15) is 12.4 Å². The second kappa shape index (κ2) is 7.89. The van der Waals surface area contributed by atoms with E-state index in [0.717, 1.165) is 12.3 Å². The lowest BCUT2D eigenvalue weighted by molar-refractivity contribution is 0.306. The van der Waals surface area contributed by atoms with Gasteiger partial charge in [0.25, 0.3) is 0 Å². The number of anilines is 1. The van der Waals surface area contributed by atoms with Gasteiger partial charge in [-0.25, -0.2) is 0 Å². The molecule has 0 radical (unpaired) electrons.